The van der Waals surface area contributed by atoms with E-state index in [1.54, 1.807) is 0 Å². The molecule has 0 aliphatic carbocycles. The number of hydrogen-bond donors (Lipinski definition) is 2. The highest BCUT2D eigenvalue weighted by molar-refractivity contribution is 5.84. The second kappa shape index (κ2) is 11.0. The van der Waals surface area contributed by atoms with Gasteiger partial charge in [0.1, 0.15) is 11.9 Å². The molecular formula is C31H30N2O3. The first-order valence-corrected chi connectivity index (χ1v) is 12.4. The lowest BCUT2D eigenvalue weighted by molar-refractivity contribution is -0.137. The summed E-state index contributed by atoms with van der Waals surface area (Å²) in [6.07, 6.45) is 2.53. The maximum atomic E-state index is 10.7. The molecule has 5 nitrogen and oxygen atoms in total. The van der Waals surface area contributed by atoms with Gasteiger partial charge in [-0.25, -0.2) is 0 Å². The van der Waals surface area contributed by atoms with Crippen molar-refractivity contribution in [2.45, 2.75) is 31.8 Å². The molecule has 0 aromatic heterocycles. The van der Waals surface area contributed by atoms with Crippen molar-refractivity contribution in [2.75, 3.05) is 16.8 Å². The molecule has 0 fully saturated rings. The topological polar surface area (TPSA) is 61.8 Å². The van der Waals surface area contributed by atoms with Crippen LogP contribution in [0.2, 0.25) is 0 Å². The monoisotopic (exact) mass is 478 g/mol. The number of nitrogens with zero attached hydrogens (tertiary/aromatic N) is 1. The van der Waals surface area contributed by atoms with Crippen LogP contribution in [-0.2, 0) is 4.79 Å². The van der Waals surface area contributed by atoms with Gasteiger partial charge in [0.25, 0.3) is 0 Å². The van der Waals surface area contributed by atoms with Gasteiger partial charge in [-0.2, -0.15) is 0 Å². The van der Waals surface area contributed by atoms with Gasteiger partial charge in [0, 0.05) is 18.2 Å². The van der Waals surface area contributed by atoms with Gasteiger partial charge in [0.05, 0.1) is 18.0 Å². The third kappa shape index (κ3) is 5.36. The van der Waals surface area contributed by atoms with Crippen LogP contribution in [0.4, 0.5) is 17.1 Å². The van der Waals surface area contributed by atoms with E-state index in [2.05, 4.69) is 95.1 Å². The van der Waals surface area contributed by atoms with E-state index in [-0.39, 0.29) is 12.6 Å². The lowest BCUT2D eigenvalue weighted by Crippen LogP contribution is -2.23. The predicted octanol–water partition coefficient (Wildman–Crippen LogP) is 7.64. The number of carboxylic acids is 1. The zero-order valence-electron chi connectivity index (χ0n) is 20.1. The summed E-state index contributed by atoms with van der Waals surface area (Å²) in [5.74, 6) is 0.0697. The molecule has 1 atom stereocenters. The Bertz CT molecular complexity index is 1290. The molecule has 1 unspecified atom stereocenters. The molecule has 36 heavy (non-hydrogen) atoms. The van der Waals surface area contributed by atoms with Crippen molar-refractivity contribution in [3.05, 3.63) is 109 Å². The molecule has 2 N–H and O–H groups in total. The molecule has 0 saturated heterocycles. The van der Waals surface area contributed by atoms with Crippen LogP contribution < -0.4 is 15.0 Å². The maximum Gasteiger partial charge on any atom is 0.303 e. The van der Waals surface area contributed by atoms with Crippen LogP contribution >= 0.6 is 0 Å². The van der Waals surface area contributed by atoms with Crippen molar-refractivity contribution in [1.82, 2.24) is 0 Å². The molecule has 4 aromatic carbocycles. The van der Waals surface area contributed by atoms with E-state index in [0.717, 1.165) is 35.7 Å². The number of anilines is 3. The number of carbonyl (C=O) groups is 1. The van der Waals surface area contributed by atoms with E-state index in [1.165, 1.54) is 16.7 Å². The van der Waals surface area contributed by atoms with Gasteiger partial charge in [-0.1, -0.05) is 72.8 Å². The molecule has 0 bridgehead atoms. The zero-order chi connectivity index (χ0) is 24.7. The number of nitrogens with one attached hydrogen (secondary N) is 1. The molecule has 1 aliphatic heterocycles. The summed E-state index contributed by atoms with van der Waals surface area (Å²) >= 11 is 0. The number of rotatable bonds is 10. The second-order valence-corrected chi connectivity index (χ2v) is 8.97. The van der Waals surface area contributed by atoms with Gasteiger partial charge in [0.15, 0.2) is 0 Å². The summed E-state index contributed by atoms with van der Waals surface area (Å²) in [7, 11) is 0. The lowest BCUT2D eigenvalue weighted by Gasteiger charge is -2.27. The van der Waals surface area contributed by atoms with Crippen LogP contribution in [0.5, 0.6) is 5.75 Å². The first kappa shape index (κ1) is 23.5. The van der Waals surface area contributed by atoms with Crippen molar-refractivity contribution in [3.8, 4) is 16.9 Å². The first-order valence-electron chi connectivity index (χ1n) is 12.4. The number of aliphatic carboxylic acids is 1. The molecule has 0 saturated carbocycles. The fraction of sp³-hybridized carbons (Fsp3) is 0.194. The fourth-order valence-electron chi connectivity index (χ4n) is 4.62. The summed E-state index contributed by atoms with van der Waals surface area (Å²) in [5.41, 5.74) is 6.79. The number of ether oxygens (including phenoxy) is 1. The van der Waals surface area contributed by atoms with Gasteiger partial charge >= 0.3 is 5.97 Å². The molecule has 5 heteroatoms. The van der Waals surface area contributed by atoms with Crippen molar-refractivity contribution in [1.29, 1.82) is 0 Å². The summed E-state index contributed by atoms with van der Waals surface area (Å²) in [4.78, 5) is 13.0. The predicted molar refractivity (Wildman–Crippen MR) is 145 cm³/mol. The van der Waals surface area contributed by atoms with Crippen molar-refractivity contribution < 1.29 is 14.6 Å². The minimum Gasteiger partial charge on any atom is -0.494 e. The molecule has 1 heterocycles. The summed E-state index contributed by atoms with van der Waals surface area (Å²) < 4.78 is 6.04. The van der Waals surface area contributed by atoms with Crippen LogP contribution in [0.15, 0.2) is 103 Å². The molecule has 182 valence electrons. The lowest BCUT2D eigenvalue weighted by atomic mass is 10.0. The van der Waals surface area contributed by atoms with E-state index >= 15 is 0 Å². The number of fused-ring (bicyclic) bond motifs is 1. The number of unbranched alkanes of at least 4 members (excludes halogenated alkanes) is 2. The van der Waals surface area contributed by atoms with Crippen LogP contribution in [0, 0.1) is 0 Å². The summed E-state index contributed by atoms with van der Waals surface area (Å²) in [5, 5.41) is 12.5. The van der Waals surface area contributed by atoms with Gasteiger partial charge in [0.2, 0.25) is 0 Å². The van der Waals surface area contributed by atoms with E-state index in [4.69, 9.17) is 9.84 Å². The SMILES string of the molecule is O=C(O)CCCCCOc1ccc2c(c1)N(c1ccc(-c3ccccc3)cc1)C(c1ccccc1)N2. The van der Waals surface area contributed by atoms with Crippen LogP contribution in [0.3, 0.4) is 0 Å². The van der Waals surface area contributed by atoms with E-state index in [9.17, 15) is 4.79 Å². The Hall–Kier alpha value is -4.25. The molecule has 0 radical (unpaired) electrons. The Labute approximate surface area is 212 Å². The third-order valence-electron chi connectivity index (χ3n) is 6.45. The van der Waals surface area contributed by atoms with Crippen molar-refractivity contribution in [2.24, 2.45) is 0 Å². The third-order valence-corrected chi connectivity index (χ3v) is 6.45. The van der Waals surface area contributed by atoms with E-state index < -0.39 is 5.97 Å². The first-order chi connectivity index (χ1) is 17.7. The molecule has 0 amide bonds. The standard InChI is InChI=1S/C31H30N2O3/c34-30(35)14-8-3-9-21-36-27-19-20-28-29(22-27)33(31(32-28)25-12-6-2-7-13-25)26-17-15-24(16-18-26)23-10-4-1-5-11-23/h1-2,4-7,10-13,15-20,22,31-32H,3,8-9,14,21H2,(H,34,35). The van der Waals surface area contributed by atoms with Crippen LogP contribution in [0.25, 0.3) is 11.1 Å². The smallest absolute Gasteiger partial charge is 0.303 e. The van der Waals surface area contributed by atoms with Gasteiger partial charge in [-0.3, -0.25) is 4.79 Å². The number of carboxylic acid groups (broad SMARTS) is 1. The average molecular weight is 479 g/mol. The maximum absolute atomic E-state index is 10.7. The largest absolute Gasteiger partial charge is 0.494 e. The molecule has 5 rings (SSSR count). The molecule has 4 aromatic rings. The minimum absolute atomic E-state index is 0.0324. The Morgan fingerprint density at radius 3 is 2.22 bits per heavy atom. The van der Waals surface area contributed by atoms with Crippen molar-refractivity contribution >= 4 is 23.0 Å². The Kier molecular flexibility index (Phi) is 7.17. The molecule has 0 spiro atoms. The normalized spacial score (nSPS) is 14.2. The Balaban J connectivity index is 1.38. The van der Waals surface area contributed by atoms with Gasteiger partial charge < -0.3 is 20.1 Å². The highest BCUT2D eigenvalue weighted by Crippen LogP contribution is 2.47. The highest BCUT2D eigenvalue weighted by Gasteiger charge is 2.31. The van der Waals surface area contributed by atoms with Crippen molar-refractivity contribution in [3.63, 3.8) is 0 Å². The molecular weight excluding hydrogens is 448 g/mol. The van der Waals surface area contributed by atoms with E-state index in [1.807, 2.05) is 18.2 Å². The van der Waals surface area contributed by atoms with Crippen LogP contribution in [-0.4, -0.2) is 17.7 Å². The number of benzene rings is 4. The average Bonchev–Trinajstić information content (AvgIpc) is 3.30. The van der Waals surface area contributed by atoms with E-state index in [0.29, 0.717) is 13.0 Å². The van der Waals surface area contributed by atoms with Gasteiger partial charge in [-0.05, 0) is 60.2 Å². The van der Waals surface area contributed by atoms with Crippen LogP contribution in [0.1, 0.15) is 37.4 Å². The second-order valence-electron chi connectivity index (χ2n) is 8.97. The number of hydrogen-bond acceptors (Lipinski definition) is 4. The Morgan fingerprint density at radius 2 is 1.50 bits per heavy atom. The summed E-state index contributed by atoms with van der Waals surface area (Å²) in [6, 6.07) is 35.7. The quantitative estimate of drug-likeness (QED) is 0.229. The minimum atomic E-state index is -0.744. The Morgan fingerprint density at radius 1 is 0.806 bits per heavy atom. The van der Waals surface area contributed by atoms with Gasteiger partial charge in [-0.15, -0.1) is 0 Å². The molecule has 1 aliphatic rings. The highest BCUT2D eigenvalue weighted by atomic mass is 16.5. The zero-order valence-corrected chi connectivity index (χ0v) is 20.1. The summed E-state index contributed by atoms with van der Waals surface area (Å²) in [6.45, 7) is 0.569. The fourth-order valence-corrected chi connectivity index (χ4v) is 4.62.